The highest BCUT2D eigenvalue weighted by Crippen LogP contribution is 2.18. The second-order valence-electron chi connectivity index (χ2n) is 6.66. The molecule has 32 heavy (non-hydrogen) atoms. The van der Waals surface area contributed by atoms with Crippen LogP contribution in [0.3, 0.4) is 0 Å². The summed E-state index contributed by atoms with van der Waals surface area (Å²) in [6, 6.07) is 8.15. The lowest BCUT2D eigenvalue weighted by Crippen LogP contribution is -2.27. The van der Waals surface area contributed by atoms with Gasteiger partial charge in [-0.25, -0.2) is 4.79 Å². The number of ether oxygens (including phenoxy) is 3. The quantitative estimate of drug-likeness (QED) is 0.139. The number of carbonyl (C=O) groups excluding carboxylic acids is 3. The molecule has 0 radical (unpaired) electrons. The summed E-state index contributed by atoms with van der Waals surface area (Å²) in [5.74, 6) is -0.277. The highest BCUT2D eigenvalue weighted by molar-refractivity contribution is 5.96. The van der Waals surface area contributed by atoms with Gasteiger partial charge >= 0.3 is 6.16 Å². The van der Waals surface area contributed by atoms with Crippen LogP contribution in [0.1, 0.15) is 34.5 Å². The van der Waals surface area contributed by atoms with Crippen molar-refractivity contribution in [3.8, 4) is 5.75 Å². The van der Waals surface area contributed by atoms with Crippen molar-refractivity contribution in [1.29, 1.82) is 0 Å². The number of methoxy groups -OCH3 is 1. The molecule has 0 saturated carbocycles. The van der Waals surface area contributed by atoms with Gasteiger partial charge in [0, 0.05) is 31.2 Å². The first kappa shape index (κ1) is 24.3. The Morgan fingerprint density at radius 1 is 1.22 bits per heavy atom. The van der Waals surface area contributed by atoms with Gasteiger partial charge in [0.2, 0.25) is 0 Å². The highest BCUT2D eigenvalue weighted by atomic mass is 16.7. The molecule has 0 bridgehead atoms. The average molecular weight is 441 g/mol. The van der Waals surface area contributed by atoms with Crippen molar-refractivity contribution in [2.24, 2.45) is 5.11 Å². The average Bonchev–Trinajstić information content (AvgIpc) is 2.77. The van der Waals surface area contributed by atoms with E-state index < -0.39 is 12.1 Å². The summed E-state index contributed by atoms with van der Waals surface area (Å²) in [5.41, 5.74) is 9.97. The third-order valence-corrected chi connectivity index (χ3v) is 4.13. The van der Waals surface area contributed by atoms with Gasteiger partial charge in [0.25, 0.3) is 5.91 Å². The Bertz CT molecular complexity index is 1000. The van der Waals surface area contributed by atoms with Crippen LogP contribution in [0, 0.1) is 6.92 Å². The van der Waals surface area contributed by atoms with Crippen molar-refractivity contribution in [2.75, 3.05) is 20.3 Å². The number of nitrogens with one attached hydrogen (secondary N) is 1. The molecule has 0 atom stereocenters. The summed E-state index contributed by atoms with van der Waals surface area (Å²) in [6.07, 6.45) is 0.972. The van der Waals surface area contributed by atoms with Crippen LogP contribution < -0.4 is 10.1 Å². The summed E-state index contributed by atoms with van der Waals surface area (Å²) in [5, 5.41) is 6.10. The number of nitrogens with zero attached hydrogens (tertiary/aromatic N) is 4. The molecule has 1 aromatic heterocycles. The number of benzene rings is 1. The van der Waals surface area contributed by atoms with Gasteiger partial charge in [0.05, 0.1) is 16.9 Å². The summed E-state index contributed by atoms with van der Waals surface area (Å²) in [6.45, 7) is 1.82. The molecule has 2 aromatic rings. The number of ketones is 1. The van der Waals surface area contributed by atoms with Gasteiger partial charge in [0.1, 0.15) is 19.0 Å². The fourth-order valence-electron chi connectivity index (χ4n) is 2.58. The van der Waals surface area contributed by atoms with Crippen LogP contribution in [-0.4, -0.2) is 43.1 Å². The Morgan fingerprint density at radius 2 is 1.97 bits per heavy atom. The summed E-state index contributed by atoms with van der Waals surface area (Å²) < 4.78 is 14.9. The number of amides is 1. The molecule has 0 aliphatic rings. The number of pyridine rings is 1. The molecule has 0 saturated heterocycles. The van der Waals surface area contributed by atoms with E-state index in [-0.39, 0.29) is 48.9 Å². The molecule has 0 aliphatic carbocycles. The van der Waals surface area contributed by atoms with Crippen molar-refractivity contribution in [3.05, 3.63) is 63.8 Å². The molecule has 1 amide bonds. The molecule has 1 heterocycles. The van der Waals surface area contributed by atoms with Crippen molar-refractivity contribution in [1.82, 2.24) is 10.3 Å². The third-order valence-electron chi connectivity index (χ3n) is 4.13. The fraction of sp³-hybridized carbons (Fsp3) is 0.333. The lowest BCUT2D eigenvalue weighted by molar-refractivity contribution is -0.122. The minimum absolute atomic E-state index is 0.0201. The number of azide groups is 1. The zero-order chi connectivity index (χ0) is 23.3. The van der Waals surface area contributed by atoms with E-state index in [4.69, 9.17) is 19.7 Å². The Kier molecular flexibility index (Phi) is 9.64. The number of hydrogen-bond donors (Lipinski definition) is 1. The predicted octanol–water partition coefficient (Wildman–Crippen LogP) is 3.77. The van der Waals surface area contributed by atoms with Crippen molar-refractivity contribution >= 4 is 23.5 Å². The van der Waals surface area contributed by atoms with E-state index in [1.807, 2.05) is 6.92 Å². The first-order chi connectivity index (χ1) is 15.4. The molecule has 1 N–H and O–H groups in total. The lowest BCUT2D eigenvalue weighted by atomic mass is 10.1. The fourth-order valence-corrected chi connectivity index (χ4v) is 2.58. The number of aromatic nitrogens is 1. The molecule has 0 spiro atoms. The van der Waals surface area contributed by atoms with Gasteiger partial charge in [-0.2, -0.15) is 0 Å². The smallest absolute Gasteiger partial charge is 0.427 e. The van der Waals surface area contributed by atoms with Crippen LogP contribution in [0.15, 0.2) is 41.6 Å². The van der Waals surface area contributed by atoms with Gasteiger partial charge in [0.15, 0.2) is 5.78 Å². The van der Waals surface area contributed by atoms with E-state index in [0.717, 1.165) is 5.56 Å². The van der Waals surface area contributed by atoms with Crippen LogP contribution >= 0.6 is 0 Å². The first-order valence-electron chi connectivity index (χ1n) is 9.67. The molecule has 2 rings (SSSR count). The molecule has 0 fully saturated rings. The van der Waals surface area contributed by atoms with Crippen molar-refractivity contribution < 1.29 is 28.6 Å². The Hall–Kier alpha value is -3.95. The molecular formula is C21H23N5O6. The Labute approximate surface area is 184 Å². The van der Waals surface area contributed by atoms with Crippen LogP contribution in [-0.2, 0) is 20.9 Å². The Morgan fingerprint density at radius 3 is 2.66 bits per heavy atom. The monoisotopic (exact) mass is 441 g/mol. The number of hydrogen-bond acceptors (Lipinski definition) is 8. The molecular weight excluding hydrogens is 418 g/mol. The summed E-state index contributed by atoms with van der Waals surface area (Å²) >= 11 is 0. The Balaban J connectivity index is 2.00. The zero-order valence-corrected chi connectivity index (χ0v) is 17.7. The van der Waals surface area contributed by atoms with E-state index in [2.05, 4.69) is 20.3 Å². The second-order valence-corrected chi connectivity index (χ2v) is 6.66. The molecule has 11 nitrogen and oxygen atoms in total. The molecule has 168 valence electrons. The number of Topliss-reactive ketones (excluding diaryl/α,β-unsaturated/α-hetero) is 1. The maximum Gasteiger partial charge on any atom is 0.514 e. The standard InChI is InChI=1S/C21H23N5O6/c1-14-5-7-17(8-6-14)32-21(29)31-13-19-18(10-15(11-24-19)25-26-22)20(28)23-9-3-4-16(27)12-30-2/h5-8,10-11H,3-4,9,12-13H2,1-2H3,(H,23,28). The van der Waals surface area contributed by atoms with Crippen molar-refractivity contribution in [2.45, 2.75) is 26.4 Å². The number of rotatable bonds is 11. The molecule has 11 heteroatoms. The summed E-state index contributed by atoms with van der Waals surface area (Å²) in [4.78, 5) is 42.8. The maximum absolute atomic E-state index is 12.6. The second kappa shape index (κ2) is 12.7. The van der Waals surface area contributed by atoms with Gasteiger partial charge in [-0.1, -0.05) is 22.8 Å². The predicted molar refractivity (Wildman–Crippen MR) is 113 cm³/mol. The van der Waals surface area contributed by atoms with Crippen LogP contribution in [0.4, 0.5) is 10.5 Å². The topological polar surface area (TPSA) is 153 Å². The SMILES string of the molecule is COCC(=O)CCCNC(=O)c1cc(N=[N+]=[N-])cnc1COC(=O)Oc1ccc(C)cc1. The first-order valence-corrected chi connectivity index (χ1v) is 9.67. The van der Waals surface area contributed by atoms with Gasteiger partial charge in [-0.05, 0) is 37.1 Å². The van der Waals surface area contributed by atoms with E-state index in [0.29, 0.717) is 12.2 Å². The largest absolute Gasteiger partial charge is 0.514 e. The van der Waals surface area contributed by atoms with E-state index in [9.17, 15) is 14.4 Å². The van der Waals surface area contributed by atoms with Gasteiger partial charge < -0.3 is 19.5 Å². The summed E-state index contributed by atoms with van der Waals surface area (Å²) in [7, 11) is 1.43. The maximum atomic E-state index is 12.6. The zero-order valence-electron chi connectivity index (χ0n) is 17.7. The van der Waals surface area contributed by atoms with E-state index in [1.54, 1.807) is 24.3 Å². The van der Waals surface area contributed by atoms with Gasteiger partial charge in [-0.15, -0.1) is 0 Å². The number of carbonyl (C=O) groups is 3. The lowest BCUT2D eigenvalue weighted by Gasteiger charge is -2.11. The molecule has 0 aliphatic heterocycles. The van der Waals surface area contributed by atoms with Crippen LogP contribution in [0.2, 0.25) is 0 Å². The van der Waals surface area contributed by atoms with Gasteiger partial charge in [-0.3, -0.25) is 14.6 Å². The van der Waals surface area contributed by atoms with Crippen molar-refractivity contribution in [3.63, 3.8) is 0 Å². The van der Waals surface area contributed by atoms with Crippen LogP contribution in [0.25, 0.3) is 10.4 Å². The van der Waals surface area contributed by atoms with E-state index >= 15 is 0 Å². The minimum atomic E-state index is -0.960. The minimum Gasteiger partial charge on any atom is -0.427 e. The molecule has 0 unspecified atom stereocenters. The molecule has 1 aromatic carbocycles. The normalized spacial score (nSPS) is 10.1. The van der Waals surface area contributed by atoms with Crippen LogP contribution in [0.5, 0.6) is 5.75 Å². The highest BCUT2D eigenvalue weighted by Gasteiger charge is 2.16. The van der Waals surface area contributed by atoms with E-state index in [1.165, 1.54) is 19.4 Å². The third kappa shape index (κ3) is 8.05. The number of aryl methyl sites for hydroxylation is 1.